The molecular formula is C16H26N4O3. The second-order valence-corrected chi connectivity index (χ2v) is 6.57. The van der Waals surface area contributed by atoms with Crippen LogP contribution in [0.15, 0.2) is 4.52 Å². The van der Waals surface area contributed by atoms with Crippen molar-refractivity contribution < 1.29 is 14.4 Å². The normalized spacial score (nSPS) is 25.9. The number of hydrogen-bond donors (Lipinski definition) is 1. The van der Waals surface area contributed by atoms with Crippen LogP contribution in [0.1, 0.15) is 43.8 Å². The van der Waals surface area contributed by atoms with E-state index in [1.807, 2.05) is 4.90 Å². The highest BCUT2D eigenvalue weighted by atomic mass is 16.5. The Labute approximate surface area is 136 Å². The average Bonchev–Trinajstić information content (AvgIpc) is 3.16. The molecule has 2 atom stereocenters. The molecule has 7 heteroatoms. The van der Waals surface area contributed by atoms with Crippen LogP contribution >= 0.6 is 0 Å². The summed E-state index contributed by atoms with van der Waals surface area (Å²) in [4.78, 5) is 20.7. The molecule has 1 N–H and O–H groups in total. The van der Waals surface area contributed by atoms with Gasteiger partial charge in [-0.2, -0.15) is 4.98 Å². The lowest BCUT2D eigenvalue weighted by atomic mass is 10.1. The van der Waals surface area contributed by atoms with E-state index >= 15 is 0 Å². The first-order valence-corrected chi connectivity index (χ1v) is 8.62. The third-order valence-electron chi connectivity index (χ3n) is 4.93. The number of amides is 1. The standard InChI is InChI=1S/C16H26N4O3/c1-12-17-15(23-18-12)6-3-7-16(22)20-10-8-19(9-11-20)13-4-2-5-14(13)21/h13-14,21H,2-11H2,1H3. The number of carbonyl (C=O) groups excluding carboxylic acids is 1. The molecule has 0 aromatic carbocycles. The number of nitrogens with zero attached hydrogens (tertiary/aromatic N) is 4. The van der Waals surface area contributed by atoms with Gasteiger partial charge in [0.25, 0.3) is 0 Å². The van der Waals surface area contributed by atoms with E-state index in [1.54, 1.807) is 6.92 Å². The minimum atomic E-state index is -0.185. The van der Waals surface area contributed by atoms with Gasteiger partial charge in [-0.25, -0.2) is 0 Å². The number of aromatic nitrogens is 2. The molecule has 0 bridgehead atoms. The molecule has 1 amide bonds. The summed E-state index contributed by atoms with van der Waals surface area (Å²) in [7, 11) is 0. The van der Waals surface area contributed by atoms with E-state index in [2.05, 4.69) is 15.0 Å². The van der Waals surface area contributed by atoms with E-state index in [-0.39, 0.29) is 12.0 Å². The highest BCUT2D eigenvalue weighted by Crippen LogP contribution is 2.25. The quantitative estimate of drug-likeness (QED) is 0.862. The molecule has 2 unspecified atom stereocenters. The van der Waals surface area contributed by atoms with Crippen LogP contribution in [0.3, 0.4) is 0 Å². The van der Waals surface area contributed by atoms with Gasteiger partial charge < -0.3 is 14.5 Å². The van der Waals surface area contributed by atoms with Crippen LogP contribution in [-0.4, -0.2) is 69.3 Å². The van der Waals surface area contributed by atoms with Crippen molar-refractivity contribution in [2.45, 2.75) is 57.6 Å². The van der Waals surface area contributed by atoms with Crippen molar-refractivity contribution in [3.8, 4) is 0 Å². The molecule has 2 aliphatic rings. The molecule has 3 rings (SSSR count). The third-order valence-corrected chi connectivity index (χ3v) is 4.93. The first kappa shape index (κ1) is 16.4. The Balaban J connectivity index is 1.38. The molecule has 2 fully saturated rings. The van der Waals surface area contributed by atoms with Crippen LogP contribution in [0.2, 0.25) is 0 Å². The van der Waals surface area contributed by atoms with Crippen molar-refractivity contribution in [1.82, 2.24) is 19.9 Å². The fourth-order valence-electron chi connectivity index (χ4n) is 3.64. The summed E-state index contributed by atoms with van der Waals surface area (Å²) in [6.45, 7) is 5.06. The van der Waals surface area contributed by atoms with Crippen molar-refractivity contribution in [3.05, 3.63) is 11.7 Å². The lowest BCUT2D eigenvalue weighted by molar-refractivity contribution is -0.133. The van der Waals surface area contributed by atoms with Crippen LogP contribution in [0, 0.1) is 6.92 Å². The molecule has 1 aliphatic carbocycles. The zero-order valence-electron chi connectivity index (χ0n) is 13.8. The van der Waals surface area contributed by atoms with E-state index < -0.39 is 0 Å². The van der Waals surface area contributed by atoms with Crippen LogP contribution in [0.5, 0.6) is 0 Å². The van der Waals surface area contributed by atoms with E-state index in [0.717, 1.165) is 51.9 Å². The number of carbonyl (C=O) groups is 1. The Kier molecular flexibility index (Phi) is 5.27. The zero-order chi connectivity index (χ0) is 16.2. The van der Waals surface area contributed by atoms with E-state index in [0.29, 0.717) is 30.6 Å². The summed E-state index contributed by atoms with van der Waals surface area (Å²) in [6.07, 6.45) is 4.84. The van der Waals surface area contributed by atoms with E-state index in [1.165, 1.54) is 0 Å². The summed E-state index contributed by atoms with van der Waals surface area (Å²) < 4.78 is 5.06. The average molecular weight is 322 g/mol. The maximum absolute atomic E-state index is 12.3. The Morgan fingerprint density at radius 2 is 2.09 bits per heavy atom. The van der Waals surface area contributed by atoms with Crippen LogP contribution in [0.4, 0.5) is 0 Å². The monoisotopic (exact) mass is 322 g/mol. The molecule has 0 spiro atoms. The molecule has 1 aromatic rings. The molecule has 2 heterocycles. The zero-order valence-corrected chi connectivity index (χ0v) is 13.8. The molecule has 1 saturated carbocycles. The molecular weight excluding hydrogens is 296 g/mol. The minimum absolute atomic E-state index is 0.185. The number of rotatable bonds is 5. The SMILES string of the molecule is Cc1noc(CCCC(=O)N2CCN(C3CCCC3O)CC2)n1. The van der Waals surface area contributed by atoms with Gasteiger partial charge in [0.2, 0.25) is 11.8 Å². The van der Waals surface area contributed by atoms with Crippen molar-refractivity contribution in [2.75, 3.05) is 26.2 Å². The van der Waals surface area contributed by atoms with Gasteiger partial charge in [0, 0.05) is 45.1 Å². The maximum atomic E-state index is 12.3. The number of aliphatic hydroxyl groups is 1. The Hall–Kier alpha value is -1.47. The number of piperazine rings is 1. The summed E-state index contributed by atoms with van der Waals surface area (Å²) in [5.74, 6) is 1.44. The summed E-state index contributed by atoms with van der Waals surface area (Å²) in [5, 5.41) is 13.7. The van der Waals surface area contributed by atoms with Crippen molar-refractivity contribution in [1.29, 1.82) is 0 Å². The second kappa shape index (κ2) is 7.40. The fraction of sp³-hybridized carbons (Fsp3) is 0.812. The summed E-state index contributed by atoms with van der Waals surface area (Å²) in [6, 6.07) is 0.299. The molecule has 128 valence electrons. The number of aryl methyl sites for hydroxylation is 2. The maximum Gasteiger partial charge on any atom is 0.226 e. The Morgan fingerprint density at radius 3 is 2.70 bits per heavy atom. The topological polar surface area (TPSA) is 82.7 Å². The lowest BCUT2D eigenvalue weighted by Gasteiger charge is -2.39. The predicted molar refractivity (Wildman–Crippen MR) is 83.8 cm³/mol. The summed E-state index contributed by atoms with van der Waals surface area (Å²) >= 11 is 0. The predicted octanol–water partition coefficient (Wildman–Crippen LogP) is 0.758. The molecule has 1 aliphatic heterocycles. The third kappa shape index (κ3) is 4.09. The lowest BCUT2D eigenvalue weighted by Crippen LogP contribution is -2.53. The fourth-order valence-corrected chi connectivity index (χ4v) is 3.64. The van der Waals surface area contributed by atoms with Crippen molar-refractivity contribution in [3.63, 3.8) is 0 Å². The molecule has 1 aromatic heterocycles. The number of hydrogen-bond acceptors (Lipinski definition) is 6. The first-order chi connectivity index (χ1) is 11.1. The van der Waals surface area contributed by atoms with Crippen LogP contribution in [-0.2, 0) is 11.2 Å². The molecule has 1 saturated heterocycles. The van der Waals surface area contributed by atoms with Gasteiger partial charge in [-0.05, 0) is 32.6 Å². The molecule has 0 radical (unpaired) electrons. The Morgan fingerprint density at radius 1 is 1.30 bits per heavy atom. The van der Waals surface area contributed by atoms with Crippen molar-refractivity contribution >= 4 is 5.91 Å². The minimum Gasteiger partial charge on any atom is -0.391 e. The molecule has 7 nitrogen and oxygen atoms in total. The van der Waals surface area contributed by atoms with Gasteiger partial charge in [-0.1, -0.05) is 5.16 Å². The van der Waals surface area contributed by atoms with Gasteiger partial charge in [0.1, 0.15) is 0 Å². The van der Waals surface area contributed by atoms with Crippen LogP contribution < -0.4 is 0 Å². The Bertz CT molecular complexity index is 525. The second-order valence-electron chi connectivity index (χ2n) is 6.57. The van der Waals surface area contributed by atoms with Gasteiger partial charge >= 0.3 is 0 Å². The smallest absolute Gasteiger partial charge is 0.226 e. The van der Waals surface area contributed by atoms with Gasteiger partial charge in [-0.3, -0.25) is 9.69 Å². The van der Waals surface area contributed by atoms with Gasteiger partial charge in [0.05, 0.1) is 6.10 Å². The highest BCUT2D eigenvalue weighted by Gasteiger charge is 2.33. The molecule has 23 heavy (non-hydrogen) atoms. The highest BCUT2D eigenvalue weighted by molar-refractivity contribution is 5.76. The van der Waals surface area contributed by atoms with Crippen LogP contribution in [0.25, 0.3) is 0 Å². The van der Waals surface area contributed by atoms with Gasteiger partial charge in [0.15, 0.2) is 5.82 Å². The van der Waals surface area contributed by atoms with E-state index in [9.17, 15) is 9.90 Å². The summed E-state index contributed by atoms with van der Waals surface area (Å²) in [5.41, 5.74) is 0. The largest absolute Gasteiger partial charge is 0.391 e. The first-order valence-electron chi connectivity index (χ1n) is 8.62. The number of aliphatic hydroxyl groups excluding tert-OH is 1. The van der Waals surface area contributed by atoms with E-state index in [4.69, 9.17) is 4.52 Å². The van der Waals surface area contributed by atoms with Crippen molar-refractivity contribution in [2.24, 2.45) is 0 Å². The van der Waals surface area contributed by atoms with Gasteiger partial charge in [-0.15, -0.1) is 0 Å².